The lowest BCUT2D eigenvalue weighted by Gasteiger charge is -2.32. The topological polar surface area (TPSA) is 38.0 Å². The number of hydrogen-bond donors (Lipinski definition) is 2. The first-order valence-corrected chi connectivity index (χ1v) is 7.68. The Hall–Kier alpha value is -2.16. The zero-order valence-electron chi connectivity index (χ0n) is 13.1. The van der Waals surface area contributed by atoms with Crippen LogP contribution in [0.4, 0.5) is 0 Å². The van der Waals surface area contributed by atoms with E-state index in [2.05, 4.69) is 79.0 Å². The summed E-state index contributed by atoms with van der Waals surface area (Å²) in [6.45, 7) is 4.18. The van der Waals surface area contributed by atoms with Crippen LogP contribution in [0.15, 0.2) is 72.8 Å². The average molecular weight is 290 g/mol. The van der Waals surface area contributed by atoms with Gasteiger partial charge in [0, 0.05) is 6.04 Å². The Kier molecular flexibility index (Phi) is 3.97. The molecule has 0 aliphatic carbocycles. The average Bonchev–Trinajstić information content (AvgIpc) is 2.54. The van der Waals surface area contributed by atoms with Crippen LogP contribution in [-0.2, 0) is 5.66 Å². The molecule has 0 saturated heterocycles. The summed E-state index contributed by atoms with van der Waals surface area (Å²) >= 11 is 0. The number of rotatable bonds is 4. The van der Waals surface area contributed by atoms with Gasteiger partial charge in [-0.25, -0.2) is 0 Å². The molecule has 2 heteroatoms. The number of nitrogens with two attached hydrogens (primary N) is 1. The molecule has 0 aliphatic heterocycles. The molecular formula is C20H22N2. The van der Waals surface area contributed by atoms with E-state index < -0.39 is 5.66 Å². The highest BCUT2D eigenvalue weighted by Gasteiger charge is 2.25. The maximum absolute atomic E-state index is 6.63. The second-order valence-corrected chi connectivity index (χ2v) is 6.01. The van der Waals surface area contributed by atoms with Gasteiger partial charge in [-0.2, -0.15) is 0 Å². The second kappa shape index (κ2) is 5.91. The summed E-state index contributed by atoms with van der Waals surface area (Å²) < 4.78 is 0. The number of nitrogens with one attached hydrogen (secondary N) is 1. The summed E-state index contributed by atoms with van der Waals surface area (Å²) in [7, 11) is 0. The van der Waals surface area contributed by atoms with Crippen LogP contribution in [0.2, 0.25) is 0 Å². The number of hydrogen-bond acceptors (Lipinski definition) is 2. The SMILES string of the molecule is CC(NC(C)(N)c1cccc2ccccc12)c1ccccc1. The van der Waals surface area contributed by atoms with Gasteiger partial charge in [0.25, 0.3) is 0 Å². The first kappa shape index (κ1) is 14.8. The molecule has 0 saturated carbocycles. The largest absolute Gasteiger partial charge is 0.310 e. The Labute approximate surface area is 132 Å². The van der Waals surface area contributed by atoms with Crippen LogP contribution in [0.25, 0.3) is 10.8 Å². The van der Waals surface area contributed by atoms with Crippen molar-refractivity contribution in [2.45, 2.75) is 25.6 Å². The third kappa shape index (κ3) is 2.89. The van der Waals surface area contributed by atoms with Gasteiger partial charge < -0.3 is 5.73 Å². The minimum atomic E-state index is -0.601. The standard InChI is InChI=1S/C20H22N2/c1-15(16-9-4-3-5-10-16)22-20(2,21)19-14-8-12-17-11-6-7-13-18(17)19/h3-15,22H,21H2,1-2H3. The Morgan fingerprint density at radius 3 is 2.27 bits per heavy atom. The summed E-state index contributed by atoms with van der Waals surface area (Å²) in [6, 6.07) is 25.2. The third-order valence-corrected chi connectivity index (χ3v) is 4.17. The summed E-state index contributed by atoms with van der Waals surface area (Å²) in [5.41, 5.74) is 8.38. The Balaban J connectivity index is 1.95. The summed E-state index contributed by atoms with van der Waals surface area (Å²) in [4.78, 5) is 0. The Morgan fingerprint density at radius 2 is 1.50 bits per heavy atom. The normalized spacial score (nSPS) is 15.4. The van der Waals surface area contributed by atoms with E-state index in [1.54, 1.807) is 0 Å². The van der Waals surface area contributed by atoms with Gasteiger partial charge >= 0.3 is 0 Å². The Morgan fingerprint density at radius 1 is 0.864 bits per heavy atom. The zero-order valence-corrected chi connectivity index (χ0v) is 13.1. The predicted molar refractivity (Wildman–Crippen MR) is 93.5 cm³/mol. The van der Waals surface area contributed by atoms with Gasteiger partial charge in [-0.1, -0.05) is 72.8 Å². The summed E-state index contributed by atoms with van der Waals surface area (Å²) in [6.07, 6.45) is 0. The van der Waals surface area contributed by atoms with Crippen molar-refractivity contribution in [1.29, 1.82) is 0 Å². The van der Waals surface area contributed by atoms with Gasteiger partial charge in [0.1, 0.15) is 0 Å². The molecule has 0 aromatic heterocycles. The minimum absolute atomic E-state index is 0.176. The van der Waals surface area contributed by atoms with Crippen LogP contribution in [0.5, 0.6) is 0 Å². The van der Waals surface area contributed by atoms with Crippen LogP contribution in [0.3, 0.4) is 0 Å². The molecule has 3 aromatic rings. The van der Waals surface area contributed by atoms with Gasteiger partial charge in [0.15, 0.2) is 0 Å². The maximum atomic E-state index is 6.63. The molecule has 0 aliphatic rings. The van der Waals surface area contributed by atoms with Crippen molar-refractivity contribution in [3.8, 4) is 0 Å². The first-order chi connectivity index (χ1) is 10.6. The van der Waals surface area contributed by atoms with Gasteiger partial charge in [0.05, 0.1) is 5.66 Å². The van der Waals surface area contributed by atoms with Crippen molar-refractivity contribution in [2.24, 2.45) is 5.73 Å². The lowest BCUT2D eigenvalue weighted by molar-refractivity contribution is 0.341. The highest BCUT2D eigenvalue weighted by atomic mass is 15.1. The monoisotopic (exact) mass is 290 g/mol. The molecule has 2 unspecified atom stereocenters. The molecule has 0 fully saturated rings. The number of fused-ring (bicyclic) bond motifs is 1. The van der Waals surface area contributed by atoms with E-state index in [1.165, 1.54) is 16.3 Å². The minimum Gasteiger partial charge on any atom is -0.310 e. The van der Waals surface area contributed by atoms with Gasteiger partial charge in [-0.15, -0.1) is 0 Å². The highest BCUT2D eigenvalue weighted by molar-refractivity contribution is 5.86. The van der Waals surface area contributed by atoms with Crippen molar-refractivity contribution >= 4 is 10.8 Å². The molecule has 3 rings (SSSR count). The van der Waals surface area contributed by atoms with Crippen LogP contribution in [0, 0.1) is 0 Å². The molecule has 0 amide bonds. The lowest BCUT2D eigenvalue weighted by Crippen LogP contribution is -2.48. The first-order valence-electron chi connectivity index (χ1n) is 7.68. The molecule has 3 N–H and O–H groups in total. The fourth-order valence-electron chi connectivity index (χ4n) is 3.03. The van der Waals surface area contributed by atoms with Crippen molar-refractivity contribution < 1.29 is 0 Å². The van der Waals surface area contributed by atoms with Gasteiger partial charge in [-0.3, -0.25) is 5.32 Å². The van der Waals surface area contributed by atoms with E-state index in [1.807, 2.05) is 13.0 Å². The highest BCUT2D eigenvalue weighted by Crippen LogP contribution is 2.27. The van der Waals surface area contributed by atoms with E-state index in [4.69, 9.17) is 5.73 Å². The number of benzene rings is 3. The molecule has 0 bridgehead atoms. The molecule has 0 radical (unpaired) electrons. The van der Waals surface area contributed by atoms with E-state index in [0.29, 0.717) is 0 Å². The Bertz CT molecular complexity index is 758. The molecule has 22 heavy (non-hydrogen) atoms. The van der Waals surface area contributed by atoms with Crippen LogP contribution in [-0.4, -0.2) is 0 Å². The van der Waals surface area contributed by atoms with Crippen molar-refractivity contribution in [3.63, 3.8) is 0 Å². The second-order valence-electron chi connectivity index (χ2n) is 6.01. The van der Waals surface area contributed by atoms with Gasteiger partial charge in [-0.05, 0) is 35.7 Å². The molecule has 0 spiro atoms. The molecule has 3 aromatic carbocycles. The van der Waals surface area contributed by atoms with E-state index in [9.17, 15) is 0 Å². The predicted octanol–water partition coefficient (Wildman–Crippen LogP) is 4.32. The fourth-order valence-corrected chi connectivity index (χ4v) is 3.03. The van der Waals surface area contributed by atoms with Crippen LogP contribution >= 0.6 is 0 Å². The molecule has 2 atom stereocenters. The van der Waals surface area contributed by atoms with E-state index >= 15 is 0 Å². The van der Waals surface area contributed by atoms with Crippen molar-refractivity contribution in [3.05, 3.63) is 83.9 Å². The molecular weight excluding hydrogens is 268 g/mol. The summed E-state index contributed by atoms with van der Waals surface area (Å²) in [5.74, 6) is 0. The maximum Gasteiger partial charge on any atom is 0.0906 e. The molecule has 2 nitrogen and oxygen atoms in total. The fraction of sp³-hybridized carbons (Fsp3) is 0.200. The molecule has 112 valence electrons. The van der Waals surface area contributed by atoms with Crippen molar-refractivity contribution in [2.75, 3.05) is 0 Å². The van der Waals surface area contributed by atoms with E-state index in [-0.39, 0.29) is 6.04 Å². The van der Waals surface area contributed by atoms with Crippen molar-refractivity contribution in [1.82, 2.24) is 5.32 Å². The van der Waals surface area contributed by atoms with Crippen LogP contribution in [0.1, 0.15) is 31.0 Å². The quantitative estimate of drug-likeness (QED) is 0.702. The lowest BCUT2D eigenvalue weighted by atomic mass is 9.94. The van der Waals surface area contributed by atoms with Gasteiger partial charge in [0.2, 0.25) is 0 Å². The van der Waals surface area contributed by atoms with E-state index in [0.717, 1.165) is 5.56 Å². The summed E-state index contributed by atoms with van der Waals surface area (Å²) in [5, 5.41) is 5.97. The van der Waals surface area contributed by atoms with Crippen LogP contribution < -0.4 is 11.1 Å². The molecule has 0 heterocycles. The third-order valence-electron chi connectivity index (χ3n) is 4.17. The smallest absolute Gasteiger partial charge is 0.0906 e. The zero-order chi connectivity index (χ0) is 15.6.